The first kappa shape index (κ1) is 34.1. The van der Waals surface area contributed by atoms with Crippen molar-refractivity contribution in [2.24, 2.45) is 0 Å². The number of nitrogens with zero attached hydrogens (tertiary/aromatic N) is 5. The largest absolute Gasteiger partial charge is 0.454 e. The van der Waals surface area contributed by atoms with Gasteiger partial charge in [-0.1, -0.05) is 158 Å². The predicted octanol–water partition coefficient (Wildman–Crippen LogP) is 14.8. The molecule has 6 heteroatoms. The van der Waals surface area contributed by atoms with Crippen LogP contribution in [0.15, 0.2) is 205 Å². The molecule has 0 N–H and O–H groups in total. The number of para-hydroxylation sites is 5. The summed E-state index contributed by atoms with van der Waals surface area (Å²) in [5, 5.41) is 14.0. The number of rotatable bonds is 4. The normalized spacial score (nSPS) is 12.1. The molecule has 6 nitrogen and oxygen atoms in total. The first-order valence-electron chi connectivity index (χ1n) is 21.3. The van der Waals surface area contributed by atoms with Crippen LogP contribution < -0.4 is 0 Å². The van der Waals surface area contributed by atoms with Crippen molar-refractivity contribution in [1.82, 2.24) is 24.1 Å². The van der Waals surface area contributed by atoms with Crippen LogP contribution in [-0.2, 0) is 0 Å². The summed E-state index contributed by atoms with van der Waals surface area (Å²) in [5.41, 5.74) is 8.69. The fraction of sp³-hybridized carbons (Fsp3) is 0. The van der Waals surface area contributed by atoms with Crippen molar-refractivity contribution in [3.05, 3.63) is 200 Å². The van der Waals surface area contributed by atoms with Gasteiger partial charge in [-0.2, -0.15) is 9.97 Å². The van der Waals surface area contributed by atoms with E-state index in [9.17, 15) is 0 Å². The Morgan fingerprint density at radius 1 is 0.317 bits per heavy atom. The van der Waals surface area contributed by atoms with Crippen molar-refractivity contribution < 1.29 is 4.42 Å². The lowest BCUT2D eigenvalue weighted by Crippen LogP contribution is -2.06. The van der Waals surface area contributed by atoms with Crippen molar-refractivity contribution in [3.8, 4) is 34.4 Å². The Hall–Kier alpha value is -8.61. The Balaban J connectivity index is 1.02. The fourth-order valence-electron chi connectivity index (χ4n) is 10.1. The maximum Gasteiger partial charge on any atom is 0.238 e. The standard InChI is InChI=1S/C57H33N5O/c1-2-13-38-34(12-1)24-29-41-39-28-26-36(32-35(39)25-30-40(38)41)55-58-56(60-57(59-55)62-49-20-8-4-14-42(49)43-15-5-9-21-50(43)62)37-27-31-45-44-16-3-7-19-48(44)61(52(45)33-37)51-22-11-18-47-46-17-6-10-23-53(46)63-54(47)51/h1-33H. The fourth-order valence-corrected chi connectivity index (χ4v) is 10.1. The van der Waals surface area contributed by atoms with E-state index >= 15 is 0 Å². The van der Waals surface area contributed by atoms with E-state index < -0.39 is 0 Å². The van der Waals surface area contributed by atoms with Crippen molar-refractivity contribution >= 4 is 97.9 Å². The molecule has 0 saturated heterocycles. The van der Waals surface area contributed by atoms with Crippen LogP contribution in [0.3, 0.4) is 0 Å². The summed E-state index contributed by atoms with van der Waals surface area (Å²) < 4.78 is 11.1. The monoisotopic (exact) mass is 803 g/mol. The molecule has 4 heterocycles. The zero-order valence-corrected chi connectivity index (χ0v) is 33.7. The summed E-state index contributed by atoms with van der Waals surface area (Å²) in [5.74, 6) is 1.75. The van der Waals surface area contributed by atoms with Gasteiger partial charge in [0.15, 0.2) is 17.2 Å². The van der Waals surface area contributed by atoms with Crippen molar-refractivity contribution in [2.75, 3.05) is 0 Å². The van der Waals surface area contributed by atoms with Crippen molar-refractivity contribution in [1.29, 1.82) is 0 Å². The molecule has 0 saturated carbocycles. The van der Waals surface area contributed by atoms with E-state index in [1.807, 2.05) is 12.1 Å². The van der Waals surface area contributed by atoms with Gasteiger partial charge in [0, 0.05) is 43.4 Å². The molecular weight excluding hydrogens is 771 g/mol. The number of aromatic nitrogens is 5. The Kier molecular flexibility index (Phi) is 7.02. The zero-order chi connectivity index (χ0) is 41.2. The minimum absolute atomic E-state index is 0.560. The smallest absolute Gasteiger partial charge is 0.238 e. The van der Waals surface area contributed by atoms with Crippen molar-refractivity contribution in [2.45, 2.75) is 0 Å². The average molecular weight is 804 g/mol. The first-order valence-corrected chi connectivity index (χ1v) is 21.3. The molecule has 0 bridgehead atoms. The molecule has 0 atom stereocenters. The van der Waals surface area contributed by atoms with Crippen LogP contribution in [0.25, 0.3) is 132 Å². The number of furan rings is 1. The van der Waals surface area contributed by atoms with E-state index in [1.165, 1.54) is 26.9 Å². The molecule has 0 aliphatic carbocycles. The van der Waals surface area contributed by atoms with Crippen LogP contribution >= 0.6 is 0 Å². The highest BCUT2D eigenvalue weighted by Gasteiger charge is 2.21. The molecule has 0 amide bonds. The molecular formula is C57H33N5O. The second kappa shape index (κ2) is 12.9. The topological polar surface area (TPSA) is 61.7 Å². The van der Waals surface area contributed by atoms with Gasteiger partial charge in [0.2, 0.25) is 5.95 Å². The van der Waals surface area contributed by atoms with Gasteiger partial charge in [-0.25, -0.2) is 4.98 Å². The number of hydrogen-bond donors (Lipinski definition) is 0. The molecule has 4 aromatic heterocycles. The molecule has 14 rings (SSSR count). The van der Waals surface area contributed by atoms with Crippen LogP contribution in [0.2, 0.25) is 0 Å². The van der Waals surface area contributed by atoms with E-state index in [2.05, 4.69) is 197 Å². The minimum atomic E-state index is 0.560. The summed E-state index contributed by atoms with van der Waals surface area (Å²) in [6.07, 6.45) is 0. The van der Waals surface area contributed by atoms with Gasteiger partial charge in [-0.15, -0.1) is 0 Å². The van der Waals surface area contributed by atoms with Crippen LogP contribution in [0, 0.1) is 0 Å². The van der Waals surface area contributed by atoms with E-state index in [4.69, 9.17) is 19.4 Å². The summed E-state index contributed by atoms with van der Waals surface area (Å²) >= 11 is 0. The second-order valence-electron chi connectivity index (χ2n) is 16.4. The summed E-state index contributed by atoms with van der Waals surface area (Å²) in [6, 6.07) is 70.9. The molecule has 292 valence electrons. The molecule has 0 fully saturated rings. The van der Waals surface area contributed by atoms with Gasteiger partial charge in [0.1, 0.15) is 5.58 Å². The van der Waals surface area contributed by atoms with Gasteiger partial charge in [0.05, 0.1) is 27.8 Å². The summed E-state index contributed by atoms with van der Waals surface area (Å²) in [4.78, 5) is 16.0. The van der Waals surface area contributed by atoms with Gasteiger partial charge in [0.25, 0.3) is 0 Å². The SMILES string of the molecule is c1ccc2c(c1)ccc1c3ccc(-c4nc(-c5ccc6c7ccccc7n(-c7cccc8c7oc7ccccc78)c6c5)nc(-n5c6ccccc6c6ccccc65)n4)cc3ccc21. The van der Waals surface area contributed by atoms with Crippen molar-refractivity contribution in [3.63, 3.8) is 0 Å². The highest BCUT2D eigenvalue weighted by Crippen LogP contribution is 2.40. The Labute approximate surface area is 359 Å². The van der Waals surface area contributed by atoms with Gasteiger partial charge >= 0.3 is 0 Å². The summed E-state index contributed by atoms with van der Waals surface area (Å²) in [6.45, 7) is 0. The number of fused-ring (bicyclic) bond motifs is 14. The molecule has 0 radical (unpaired) electrons. The van der Waals surface area contributed by atoms with E-state index in [0.29, 0.717) is 17.6 Å². The minimum Gasteiger partial charge on any atom is -0.454 e. The third kappa shape index (κ3) is 4.97. The third-order valence-electron chi connectivity index (χ3n) is 13.0. The maximum absolute atomic E-state index is 6.63. The quantitative estimate of drug-likeness (QED) is 0.166. The maximum atomic E-state index is 6.63. The van der Waals surface area contributed by atoms with E-state index in [1.54, 1.807) is 0 Å². The Morgan fingerprint density at radius 3 is 1.54 bits per heavy atom. The van der Waals surface area contributed by atoms with Gasteiger partial charge in [-0.3, -0.25) is 4.57 Å². The Morgan fingerprint density at radius 2 is 0.825 bits per heavy atom. The highest BCUT2D eigenvalue weighted by molar-refractivity contribution is 6.18. The molecule has 0 unspecified atom stereocenters. The lowest BCUT2D eigenvalue weighted by molar-refractivity contribution is 0.666. The molecule has 0 aliphatic rings. The second-order valence-corrected chi connectivity index (χ2v) is 16.4. The third-order valence-corrected chi connectivity index (χ3v) is 13.0. The number of benzene rings is 10. The van der Waals surface area contributed by atoms with Crippen LogP contribution in [0.5, 0.6) is 0 Å². The first-order chi connectivity index (χ1) is 31.2. The molecule has 10 aromatic carbocycles. The van der Waals surface area contributed by atoms with Crippen LogP contribution in [0.1, 0.15) is 0 Å². The summed E-state index contributed by atoms with van der Waals surface area (Å²) in [7, 11) is 0. The lowest BCUT2D eigenvalue weighted by atomic mass is 9.96. The van der Waals surface area contributed by atoms with E-state index in [-0.39, 0.29) is 0 Å². The van der Waals surface area contributed by atoms with E-state index in [0.717, 1.165) is 87.8 Å². The lowest BCUT2D eigenvalue weighted by Gasteiger charge is -2.13. The Bertz CT molecular complexity index is 4180. The molecule has 14 aromatic rings. The highest BCUT2D eigenvalue weighted by atomic mass is 16.3. The average Bonchev–Trinajstić information content (AvgIpc) is 4.01. The predicted molar refractivity (Wildman–Crippen MR) is 259 cm³/mol. The van der Waals surface area contributed by atoms with Crippen LogP contribution in [0.4, 0.5) is 0 Å². The van der Waals surface area contributed by atoms with Gasteiger partial charge in [-0.05, 0) is 74.8 Å². The van der Waals surface area contributed by atoms with Crippen LogP contribution in [-0.4, -0.2) is 24.1 Å². The molecule has 63 heavy (non-hydrogen) atoms. The molecule has 0 aliphatic heterocycles. The van der Waals surface area contributed by atoms with Gasteiger partial charge < -0.3 is 8.98 Å². The zero-order valence-electron chi connectivity index (χ0n) is 33.7. The number of hydrogen-bond acceptors (Lipinski definition) is 4. The molecule has 0 spiro atoms.